The Morgan fingerprint density at radius 3 is 2.47 bits per heavy atom. The number of nitrogens with one attached hydrogen (secondary N) is 1. The fourth-order valence-electron chi connectivity index (χ4n) is 2.01. The highest BCUT2D eigenvalue weighted by molar-refractivity contribution is 5.50. The fraction of sp³-hybridized carbons (Fsp3) is 0.455. The Bertz CT molecular complexity index is 641. The number of hydrogen-bond acceptors (Lipinski definition) is 4. The third-order valence-corrected chi connectivity index (χ3v) is 2.83. The summed E-state index contributed by atoms with van der Waals surface area (Å²) in [6, 6.07) is 0. The molecule has 0 fully saturated rings. The van der Waals surface area contributed by atoms with Crippen LogP contribution in [0, 0.1) is 0 Å². The predicted molar refractivity (Wildman–Crippen MR) is 63.3 cm³/mol. The van der Waals surface area contributed by atoms with Gasteiger partial charge in [0.25, 0.3) is 5.56 Å². The molecule has 6 nitrogen and oxygen atoms in total. The van der Waals surface area contributed by atoms with Crippen LogP contribution in [0.3, 0.4) is 0 Å². The van der Waals surface area contributed by atoms with E-state index in [4.69, 9.17) is 0 Å². The second-order valence-electron chi connectivity index (χ2n) is 3.81. The number of fused-ring (bicyclic) bond motifs is 1. The van der Waals surface area contributed by atoms with Gasteiger partial charge < -0.3 is 4.57 Å². The lowest BCUT2D eigenvalue weighted by Crippen LogP contribution is -2.29. The van der Waals surface area contributed by atoms with Crippen molar-refractivity contribution in [1.29, 1.82) is 0 Å². The van der Waals surface area contributed by atoms with Gasteiger partial charge in [-0.2, -0.15) is 4.98 Å². The van der Waals surface area contributed by atoms with Gasteiger partial charge in [-0.05, 0) is 12.8 Å². The Labute approximate surface area is 97.7 Å². The minimum atomic E-state index is -0.633. The molecule has 0 spiro atoms. The van der Waals surface area contributed by atoms with Gasteiger partial charge in [0.15, 0.2) is 11.5 Å². The molecule has 2 aliphatic rings. The van der Waals surface area contributed by atoms with Crippen molar-refractivity contribution >= 4 is 0 Å². The molecule has 1 N–H and O–H groups in total. The molecule has 6 heteroatoms. The number of H-pyrrole nitrogens is 1. The lowest BCUT2D eigenvalue weighted by atomic mass is 10.2. The van der Waals surface area contributed by atoms with E-state index in [0.717, 1.165) is 24.2 Å². The number of aromatic amines is 1. The van der Waals surface area contributed by atoms with Crippen molar-refractivity contribution in [1.82, 2.24) is 19.5 Å². The maximum atomic E-state index is 11.6. The van der Waals surface area contributed by atoms with E-state index in [1.54, 1.807) is 11.6 Å². The summed E-state index contributed by atoms with van der Waals surface area (Å²) in [6.45, 7) is 3.99. The molecule has 0 radical (unpaired) electrons. The number of rotatable bonds is 2. The first-order valence-electron chi connectivity index (χ1n) is 5.57. The van der Waals surface area contributed by atoms with Crippen LogP contribution in [0.15, 0.2) is 9.59 Å². The Morgan fingerprint density at radius 1 is 1.18 bits per heavy atom. The van der Waals surface area contributed by atoms with Crippen LogP contribution in [-0.2, 0) is 19.9 Å². The van der Waals surface area contributed by atoms with E-state index in [0.29, 0.717) is 5.82 Å². The molecule has 0 aromatic heterocycles. The van der Waals surface area contributed by atoms with Crippen molar-refractivity contribution in [3.63, 3.8) is 0 Å². The Hall–Kier alpha value is -1.98. The van der Waals surface area contributed by atoms with Crippen LogP contribution in [0.2, 0.25) is 0 Å². The molecule has 0 bridgehead atoms. The lowest BCUT2D eigenvalue weighted by Gasteiger charge is -2.16. The molecule has 0 aliphatic carbocycles. The molecule has 0 amide bonds. The van der Waals surface area contributed by atoms with E-state index < -0.39 is 11.2 Å². The average molecular weight is 234 g/mol. The van der Waals surface area contributed by atoms with Gasteiger partial charge in [0, 0.05) is 12.7 Å². The van der Waals surface area contributed by atoms with E-state index in [2.05, 4.69) is 15.0 Å². The van der Waals surface area contributed by atoms with E-state index in [-0.39, 0.29) is 5.69 Å². The van der Waals surface area contributed by atoms with Crippen molar-refractivity contribution in [2.24, 2.45) is 7.05 Å². The molecule has 2 rings (SSSR count). The first-order valence-corrected chi connectivity index (χ1v) is 5.57. The van der Waals surface area contributed by atoms with E-state index in [1.165, 1.54) is 0 Å². The quantitative estimate of drug-likeness (QED) is 0.798. The number of aromatic nitrogens is 4. The van der Waals surface area contributed by atoms with Crippen LogP contribution in [0.5, 0.6) is 0 Å². The van der Waals surface area contributed by atoms with Gasteiger partial charge in [-0.3, -0.25) is 9.78 Å². The van der Waals surface area contributed by atoms with Crippen molar-refractivity contribution in [2.45, 2.75) is 26.7 Å². The molecular formula is C11H14N4O2. The van der Waals surface area contributed by atoms with Crippen LogP contribution < -0.4 is 11.2 Å². The third-order valence-electron chi connectivity index (χ3n) is 2.83. The summed E-state index contributed by atoms with van der Waals surface area (Å²) in [5, 5.41) is 0. The molecular weight excluding hydrogens is 220 g/mol. The Kier molecular flexibility index (Phi) is 2.79. The first kappa shape index (κ1) is 11.5. The summed E-state index contributed by atoms with van der Waals surface area (Å²) >= 11 is 0. The van der Waals surface area contributed by atoms with Crippen LogP contribution in [0.25, 0.3) is 11.5 Å². The summed E-state index contributed by atoms with van der Waals surface area (Å²) in [7, 11) is 1.80. The summed E-state index contributed by atoms with van der Waals surface area (Å²) in [5.41, 5.74) is 0.978. The topological polar surface area (TPSA) is 80.6 Å². The van der Waals surface area contributed by atoms with Crippen molar-refractivity contribution < 1.29 is 0 Å². The van der Waals surface area contributed by atoms with Crippen molar-refractivity contribution in [3.05, 3.63) is 32.2 Å². The molecule has 0 unspecified atom stereocenters. The Morgan fingerprint density at radius 2 is 1.88 bits per heavy atom. The predicted octanol–water partition coefficient (Wildman–Crippen LogP) is 0.0932. The van der Waals surface area contributed by atoms with Crippen LogP contribution in [-0.4, -0.2) is 19.5 Å². The van der Waals surface area contributed by atoms with E-state index in [1.807, 2.05) is 13.8 Å². The molecule has 0 atom stereocenters. The van der Waals surface area contributed by atoms with Crippen LogP contribution in [0.4, 0.5) is 0 Å². The smallest absolute Gasteiger partial charge is 0.329 e. The van der Waals surface area contributed by atoms with Gasteiger partial charge in [0.1, 0.15) is 0 Å². The summed E-state index contributed by atoms with van der Waals surface area (Å²) in [6.07, 6.45) is 1.52. The molecule has 17 heavy (non-hydrogen) atoms. The van der Waals surface area contributed by atoms with E-state index in [9.17, 15) is 9.59 Å². The summed E-state index contributed by atoms with van der Waals surface area (Å²) in [4.78, 5) is 33.1. The van der Waals surface area contributed by atoms with Crippen molar-refractivity contribution in [2.75, 3.05) is 0 Å². The maximum absolute atomic E-state index is 11.6. The number of nitrogens with zero attached hydrogens (tertiary/aromatic N) is 3. The highest BCUT2D eigenvalue weighted by Gasteiger charge is 2.18. The highest BCUT2D eigenvalue weighted by atomic mass is 16.2. The standard InChI is InChI=1S/C11H14N4O2/c1-4-6-7(5-2)15(3)9-8(12-6)10(16)14-11(17)13-9/h4-5H2,1-3H3,(H,14,16,17). The SMILES string of the molecule is CCc1nc2c(=O)[nH]c(=O)nc-2n(C)c1CC. The molecule has 0 aromatic carbocycles. The lowest BCUT2D eigenvalue weighted by molar-refractivity contribution is 0.740. The molecule has 90 valence electrons. The fourth-order valence-corrected chi connectivity index (χ4v) is 2.01. The Balaban J connectivity index is 2.95. The normalized spacial score (nSPS) is 11.0. The molecule has 2 aliphatic heterocycles. The minimum absolute atomic E-state index is 0.223. The number of aryl methyl sites for hydroxylation is 1. The summed E-state index contributed by atoms with van der Waals surface area (Å²) < 4.78 is 1.78. The second-order valence-corrected chi connectivity index (χ2v) is 3.81. The summed E-state index contributed by atoms with van der Waals surface area (Å²) in [5.74, 6) is 0.341. The largest absolute Gasteiger partial charge is 0.349 e. The number of hydrogen-bond donors (Lipinski definition) is 1. The van der Waals surface area contributed by atoms with Gasteiger partial charge in [0.05, 0.1) is 5.69 Å². The van der Waals surface area contributed by atoms with Gasteiger partial charge in [-0.25, -0.2) is 9.78 Å². The van der Waals surface area contributed by atoms with Gasteiger partial charge in [0.2, 0.25) is 0 Å². The molecule has 0 aromatic rings. The highest BCUT2D eigenvalue weighted by Crippen LogP contribution is 2.16. The van der Waals surface area contributed by atoms with Gasteiger partial charge in [-0.1, -0.05) is 13.8 Å². The zero-order chi connectivity index (χ0) is 12.6. The van der Waals surface area contributed by atoms with Crippen LogP contribution in [0.1, 0.15) is 25.2 Å². The molecule has 0 saturated carbocycles. The third kappa shape index (κ3) is 1.75. The zero-order valence-corrected chi connectivity index (χ0v) is 10.1. The molecule has 2 heterocycles. The zero-order valence-electron chi connectivity index (χ0n) is 10.1. The van der Waals surface area contributed by atoms with Gasteiger partial charge in [-0.15, -0.1) is 0 Å². The van der Waals surface area contributed by atoms with E-state index >= 15 is 0 Å². The maximum Gasteiger partial charge on any atom is 0.349 e. The van der Waals surface area contributed by atoms with Crippen LogP contribution >= 0.6 is 0 Å². The van der Waals surface area contributed by atoms with Crippen molar-refractivity contribution in [3.8, 4) is 11.5 Å². The second kappa shape index (κ2) is 4.12. The van der Waals surface area contributed by atoms with Gasteiger partial charge >= 0.3 is 5.69 Å². The first-order chi connectivity index (χ1) is 8.08. The minimum Gasteiger partial charge on any atom is -0.329 e. The molecule has 0 saturated heterocycles. The average Bonchev–Trinajstić information content (AvgIpc) is 2.30. The monoisotopic (exact) mass is 234 g/mol.